The molecule has 0 saturated heterocycles. The number of anilines is 1. The van der Waals surface area contributed by atoms with Gasteiger partial charge in [-0.3, -0.25) is 14.2 Å². The highest BCUT2D eigenvalue weighted by Gasteiger charge is 2.13. The predicted octanol–water partition coefficient (Wildman–Crippen LogP) is 3.53. The zero-order valence-electron chi connectivity index (χ0n) is 13.1. The van der Waals surface area contributed by atoms with Crippen LogP contribution in [0, 0.1) is 6.92 Å². The molecule has 0 spiro atoms. The lowest BCUT2D eigenvalue weighted by atomic mass is 10.2. The fraction of sp³-hybridized carbons (Fsp3) is 0.188. The molecule has 0 aliphatic rings. The Morgan fingerprint density at radius 2 is 1.92 bits per heavy atom. The molecular formula is C16H15Cl2N5O. The van der Waals surface area contributed by atoms with E-state index in [0.717, 1.165) is 11.3 Å². The van der Waals surface area contributed by atoms with Crippen LogP contribution < -0.4 is 5.32 Å². The molecule has 1 N–H and O–H groups in total. The van der Waals surface area contributed by atoms with Crippen LogP contribution in [0.25, 0.3) is 0 Å². The maximum Gasteiger partial charge on any atom is 0.277 e. The molecule has 0 atom stereocenters. The van der Waals surface area contributed by atoms with Crippen LogP contribution in [0.5, 0.6) is 0 Å². The minimum atomic E-state index is -0.306. The van der Waals surface area contributed by atoms with Gasteiger partial charge in [-0.05, 0) is 25.1 Å². The number of halogens is 2. The molecule has 0 saturated carbocycles. The second-order valence-corrected chi connectivity index (χ2v) is 6.16. The Morgan fingerprint density at radius 3 is 2.54 bits per heavy atom. The van der Waals surface area contributed by atoms with Crippen LogP contribution in [0.4, 0.5) is 5.82 Å². The third kappa shape index (κ3) is 3.44. The molecule has 3 rings (SSSR count). The molecule has 3 aromatic rings. The van der Waals surface area contributed by atoms with Gasteiger partial charge in [-0.25, -0.2) is 0 Å². The van der Waals surface area contributed by atoms with Gasteiger partial charge in [-0.15, -0.1) is 0 Å². The first-order valence-corrected chi connectivity index (χ1v) is 7.98. The van der Waals surface area contributed by atoms with E-state index in [2.05, 4.69) is 15.5 Å². The second kappa shape index (κ2) is 6.67. The van der Waals surface area contributed by atoms with Crippen molar-refractivity contribution in [1.29, 1.82) is 0 Å². The van der Waals surface area contributed by atoms with Gasteiger partial charge >= 0.3 is 0 Å². The summed E-state index contributed by atoms with van der Waals surface area (Å²) in [5, 5.41) is 12.3. The van der Waals surface area contributed by atoms with Crippen LogP contribution >= 0.6 is 23.2 Å². The van der Waals surface area contributed by atoms with E-state index >= 15 is 0 Å². The highest BCUT2D eigenvalue weighted by atomic mass is 35.5. The van der Waals surface area contributed by atoms with Crippen molar-refractivity contribution in [2.75, 3.05) is 5.32 Å². The maximum absolute atomic E-state index is 12.2. The lowest BCUT2D eigenvalue weighted by Gasteiger charge is -2.06. The number of nitrogens with one attached hydrogen (secondary N) is 1. The first-order valence-electron chi connectivity index (χ1n) is 7.22. The van der Waals surface area contributed by atoms with E-state index < -0.39 is 0 Å². The van der Waals surface area contributed by atoms with Crippen LogP contribution in [0.15, 0.2) is 36.5 Å². The van der Waals surface area contributed by atoms with Crippen molar-refractivity contribution in [3.63, 3.8) is 0 Å². The van der Waals surface area contributed by atoms with Gasteiger partial charge in [0.15, 0.2) is 11.5 Å². The molecule has 124 valence electrons. The van der Waals surface area contributed by atoms with Crippen LogP contribution in [-0.2, 0) is 13.6 Å². The van der Waals surface area contributed by atoms with E-state index in [1.54, 1.807) is 52.9 Å². The molecule has 0 bridgehead atoms. The summed E-state index contributed by atoms with van der Waals surface area (Å²) in [5.41, 5.74) is 2.03. The molecule has 0 aliphatic heterocycles. The van der Waals surface area contributed by atoms with E-state index in [9.17, 15) is 4.79 Å². The molecule has 24 heavy (non-hydrogen) atoms. The van der Waals surface area contributed by atoms with Crippen molar-refractivity contribution in [2.24, 2.45) is 7.05 Å². The molecule has 0 aliphatic carbocycles. The van der Waals surface area contributed by atoms with Crippen molar-refractivity contribution in [2.45, 2.75) is 13.5 Å². The van der Waals surface area contributed by atoms with Crippen molar-refractivity contribution < 1.29 is 4.79 Å². The summed E-state index contributed by atoms with van der Waals surface area (Å²) in [6, 6.07) is 8.77. The van der Waals surface area contributed by atoms with E-state index in [0.29, 0.717) is 28.1 Å². The van der Waals surface area contributed by atoms with Gasteiger partial charge in [0.2, 0.25) is 0 Å². The Labute approximate surface area is 149 Å². The second-order valence-electron chi connectivity index (χ2n) is 5.35. The quantitative estimate of drug-likeness (QED) is 0.770. The minimum absolute atomic E-state index is 0.306. The van der Waals surface area contributed by atoms with Crippen LogP contribution in [0.2, 0.25) is 10.0 Å². The normalized spacial score (nSPS) is 10.8. The van der Waals surface area contributed by atoms with E-state index in [4.69, 9.17) is 23.2 Å². The predicted molar refractivity (Wildman–Crippen MR) is 93.7 cm³/mol. The number of carbonyl (C=O) groups is 1. The number of carbonyl (C=O) groups excluding carboxylic acids is 1. The number of aryl methyl sites for hydroxylation is 2. The number of benzene rings is 1. The molecule has 2 aromatic heterocycles. The molecule has 8 heteroatoms. The molecule has 1 aromatic carbocycles. The number of rotatable bonds is 4. The first-order chi connectivity index (χ1) is 11.4. The Morgan fingerprint density at radius 1 is 1.21 bits per heavy atom. The summed E-state index contributed by atoms with van der Waals surface area (Å²) < 4.78 is 3.30. The van der Waals surface area contributed by atoms with Gasteiger partial charge in [0.05, 0.1) is 6.54 Å². The zero-order chi connectivity index (χ0) is 17.3. The molecule has 1 amide bonds. The van der Waals surface area contributed by atoms with Crippen molar-refractivity contribution in [1.82, 2.24) is 19.6 Å². The number of nitrogens with zero attached hydrogens (tertiary/aromatic N) is 4. The smallest absolute Gasteiger partial charge is 0.277 e. The molecular weight excluding hydrogens is 349 g/mol. The lowest BCUT2D eigenvalue weighted by Crippen LogP contribution is -2.14. The third-order valence-corrected chi connectivity index (χ3v) is 4.32. The summed E-state index contributed by atoms with van der Waals surface area (Å²) in [7, 11) is 1.79. The number of hydrogen-bond donors (Lipinski definition) is 1. The summed E-state index contributed by atoms with van der Waals surface area (Å²) in [5.74, 6) is 0.131. The zero-order valence-corrected chi connectivity index (χ0v) is 14.6. The molecule has 0 fully saturated rings. The maximum atomic E-state index is 12.2. The fourth-order valence-electron chi connectivity index (χ4n) is 2.21. The van der Waals surface area contributed by atoms with Crippen molar-refractivity contribution >= 4 is 34.9 Å². The Hall–Kier alpha value is -2.31. The van der Waals surface area contributed by atoms with Crippen LogP contribution in [-0.4, -0.2) is 25.5 Å². The minimum Gasteiger partial charge on any atom is -0.304 e. The highest BCUT2D eigenvalue weighted by molar-refractivity contribution is 6.35. The van der Waals surface area contributed by atoms with Crippen molar-refractivity contribution in [3.05, 3.63) is 63.5 Å². The van der Waals surface area contributed by atoms with E-state index in [1.807, 2.05) is 6.92 Å². The highest BCUT2D eigenvalue weighted by Crippen LogP contribution is 2.25. The summed E-state index contributed by atoms with van der Waals surface area (Å²) in [6.45, 7) is 2.29. The average Bonchev–Trinajstić information content (AvgIpc) is 3.10. The topological polar surface area (TPSA) is 64.7 Å². The standard InChI is InChI=1S/C16H15Cl2N5O/c1-10-8-14(20-22(10)2)16(24)19-15-6-7-23(21-15)9-11-12(17)4-3-5-13(11)18/h3-8H,9H2,1-2H3,(H,19,21,24). The Kier molecular flexibility index (Phi) is 4.59. The van der Waals surface area contributed by atoms with Crippen LogP contribution in [0.1, 0.15) is 21.7 Å². The van der Waals surface area contributed by atoms with E-state index in [1.165, 1.54) is 0 Å². The number of amides is 1. The first kappa shape index (κ1) is 16.5. The van der Waals surface area contributed by atoms with Gasteiger partial charge in [0.25, 0.3) is 5.91 Å². The average molecular weight is 364 g/mol. The third-order valence-electron chi connectivity index (χ3n) is 3.61. The van der Waals surface area contributed by atoms with Gasteiger partial charge in [-0.1, -0.05) is 29.3 Å². The Balaban J connectivity index is 1.73. The van der Waals surface area contributed by atoms with Gasteiger partial charge in [0.1, 0.15) is 0 Å². The Bertz CT molecular complexity index is 860. The monoisotopic (exact) mass is 363 g/mol. The fourth-order valence-corrected chi connectivity index (χ4v) is 2.73. The van der Waals surface area contributed by atoms with E-state index in [-0.39, 0.29) is 5.91 Å². The molecule has 6 nitrogen and oxygen atoms in total. The summed E-state index contributed by atoms with van der Waals surface area (Å²) in [6.07, 6.45) is 1.75. The van der Waals surface area contributed by atoms with Gasteiger partial charge in [0, 0.05) is 40.6 Å². The summed E-state index contributed by atoms with van der Waals surface area (Å²) in [4.78, 5) is 12.2. The molecule has 0 unspecified atom stereocenters. The number of hydrogen-bond acceptors (Lipinski definition) is 3. The van der Waals surface area contributed by atoms with Crippen LogP contribution in [0.3, 0.4) is 0 Å². The molecule has 0 radical (unpaired) electrons. The summed E-state index contributed by atoms with van der Waals surface area (Å²) >= 11 is 12.3. The SMILES string of the molecule is Cc1cc(C(=O)Nc2ccn(Cc3c(Cl)cccc3Cl)n2)nn1C. The van der Waals surface area contributed by atoms with Gasteiger partial charge in [-0.2, -0.15) is 10.2 Å². The molecule has 2 heterocycles. The van der Waals surface area contributed by atoms with Gasteiger partial charge < -0.3 is 5.32 Å². The lowest BCUT2D eigenvalue weighted by molar-refractivity contribution is 0.102. The largest absolute Gasteiger partial charge is 0.304 e. The number of aromatic nitrogens is 4. The van der Waals surface area contributed by atoms with Crippen molar-refractivity contribution in [3.8, 4) is 0 Å².